The highest BCUT2D eigenvalue weighted by Crippen LogP contribution is 2.28. The van der Waals surface area contributed by atoms with Crippen molar-refractivity contribution in [2.24, 2.45) is 5.92 Å². The molecule has 0 amide bonds. The minimum absolute atomic E-state index is 0.944. The zero-order valence-electron chi connectivity index (χ0n) is 12.6. The Balaban J connectivity index is 1.79. The van der Waals surface area contributed by atoms with Gasteiger partial charge in [-0.15, -0.1) is 0 Å². The summed E-state index contributed by atoms with van der Waals surface area (Å²) in [5, 5.41) is 0. The lowest BCUT2D eigenvalue weighted by atomic mass is 9.87. The highest BCUT2D eigenvalue weighted by atomic mass is 15.1. The van der Waals surface area contributed by atoms with Crippen molar-refractivity contribution in [2.45, 2.75) is 64.8 Å². The molecule has 0 atom stereocenters. The van der Waals surface area contributed by atoms with Crippen LogP contribution < -0.4 is 0 Å². The second-order valence-electron chi connectivity index (χ2n) is 6.21. The number of aryl methyl sites for hydroxylation is 2. The lowest BCUT2D eigenvalue weighted by Gasteiger charge is -2.22. The maximum Gasteiger partial charge on any atom is 0.109 e. The summed E-state index contributed by atoms with van der Waals surface area (Å²) >= 11 is 0. The van der Waals surface area contributed by atoms with Gasteiger partial charge in [-0.1, -0.05) is 51.2 Å². The first-order valence-electron chi connectivity index (χ1n) is 8.32. The van der Waals surface area contributed by atoms with Gasteiger partial charge >= 0.3 is 0 Å². The van der Waals surface area contributed by atoms with E-state index in [0.29, 0.717) is 0 Å². The van der Waals surface area contributed by atoms with Crippen molar-refractivity contribution in [1.29, 1.82) is 0 Å². The fraction of sp³-hybridized carbons (Fsp3) is 0.611. The third-order valence-electron chi connectivity index (χ3n) is 4.69. The van der Waals surface area contributed by atoms with Crippen molar-refractivity contribution in [3.8, 4) is 0 Å². The van der Waals surface area contributed by atoms with Gasteiger partial charge in [0.25, 0.3) is 0 Å². The summed E-state index contributed by atoms with van der Waals surface area (Å²) in [6.45, 7) is 3.39. The normalized spacial score (nSPS) is 16.9. The standard InChI is InChI=1S/C18H26N2/c1-2-8-18-19-16-11-6-7-12-17(16)20(18)14-13-15-9-4-3-5-10-15/h6-7,11-12,15H,2-5,8-10,13-14H2,1H3. The fourth-order valence-corrected chi connectivity index (χ4v) is 3.58. The quantitative estimate of drug-likeness (QED) is 0.751. The van der Waals surface area contributed by atoms with Crippen LogP contribution in [-0.2, 0) is 13.0 Å². The lowest BCUT2D eigenvalue weighted by Crippen LogP contribution is -2.11. The van der Waals surface area contributed by atoms with E-state index in [4.69, 9.17) is 4.98 Å². The van der Waals surface area contributed by atoms with Gasteiger partial charge in [-0.05, 0) is 30.9 Å². The van der Waals surface area contributed by atoms with Gasteiger partial charge in [0.1, 0.15) is 5.82 Å². The Kier molecular flexibility index (Phi) is 4.39. The zero-order chi connectivity index (χ0) is 13.8. The van der Waals surface area contributed by atoms with Crippen LogP contribution in [0.1, 0.15) is 57.7 Å². The van der Waals surface area contributed by atoms with E-state index in [9.17, 15) is 0 Å². The Morgan fingerprint density at radius 1 is 1.15 bits per heavy atom. The molecule has 108 valence electrons. The molecular weight excluding hydrogens is 244 g/mol. The van der Waals surface area contributed by atoms with Crippen molar-refractivity contribution < 1.29 is 0 Å². The number of rotatable bonds is 5. The maximum atomic E-state index is 4.83. The minimum Gasteiger partial charge on any atom is -0.328 e. The van der Waals surface area contributed by atoms with Crippen molar-refractivity contribution in [3.05, 3.63) is 30.1 Å². The third kappa shape index (κ3) is 2.89. The maximum absolute atomic E-state index is 4.83. The van der Waals surface area contributed by atoms with Crippen LogP contribution >= 0.6 is 0 Å². The number of benzene rings is 1. The van der Waals surface area contributed by atoms with E-state index >= 15 is 0 Å². The molecule has 1 heterocycles. The number of hydrogen-bond donors (Lipinski definition) is 0. The van der Waals surface area contributed by atoms with Gasteiger partial charge in [-0.2, -0.15) is 0 Å². The zero-order valence-corrected chi connectivity index (χ0v) is 12.6. The average molecular weight is 270 g/mol. The molecule has 0 radical (unpaired) electrons. The molecule has 1 aromatic carbocycles. The van der Waals surface area contributed by atoms with Crippen LogP contribution in [0.2, 0.25) is 0 Å². The van der Waals surface area contributed by atoms with E-state index in [1.54, 1.807) is 0 Å². The third-order valence-corrected chi connectivity index (χ3v) is 4.69. The first-order valence-corrected chi connectivity index (χ1v) is 8.32. The molecular formula is C18H26N2. The molecule has 0 bridgehead atoms. The molecule has 1 aliphatic carbocycles. The number of para-hydroxylation sites is 2. The predicted octanol–water partition coefficient (Wildman–Crippen LogP) is 4.96. The topological polar surface area (TPSA) is 17.8 Å². The molecule has 0 aliphatic heterocycles. The molecule has 2 heteroatoms. The van der Waals surface area contributed by atoms with Gasteiger partial charge in [0.05, 0.1) is 11.0 Å². The number of imidazole rings is 1. The summed E-state index contributed by atoms with van der Waals surface area (Å²) in [5.41, 5.74) is 2.49. The monoisotopic (exact) mass is 270 g/mol. The van der Waals surface area contributed by atoms with Gasteiger partial charge in [0.15, 0.2) is 0 Å². The van der Waals surface area contributed by atoms with Crippen LogP contribution in [0.4, 0.5) is 0 Å². The molecule has 20 heavy (non-hydrogen) atoms. The van der Waals surface area contributed by atoms with Crippen LogP contribution in [0.15, 0.2) is 24.3 Å². The number of aromatic nitrogens is 2. The minimum atomic E-state index is 0.944. The Hall–Kier alpha value is -1.31. The second kappa shape index (κ2) is 6.43. The molecule has 0 N–H and O–H groups in total. The molecule has 1 aliphatic rings. The summed E-state index contributed by atoms with van der Waals surface area (Å²) in [4.78, 5) is 4.83. The van der Waals surface area contributed by atoms with Crippen LogP contribution in [0.25, 0.3) is 11.0 Å². The van der Waals surface area contributed by atoms with Crippen LogP contribution in [0, 0.1) is 5.92 Å². The van der Waals surface area contributed by atoms with Crippen molar-refractivity contribution in [2.75, 3.05) is 0 Å². The SMILES string of the molecule is CCCc1nc2ccccc2n1CCC1CCCCC1. The second-order valence-corrected chi connectivity index (χ2v) is 6.21. The van der Waals surface area contributed by atoms with E-state index in [-0.39, 0.29) is 0 Å². The molecule has 0 saturated heterocycles. The first-order chi connectivity index (χ1) is 9.88. The van der Waals surface area contributed by atoms with E-state index in [0.717, 1.165) is 18.9 Å². The Morgan fingerprint density at radius 3 is 2.75 bits per heavy atom. The molecule has 2 nitrogen and oxygen atoms in total. The summed E-state index contributed by atoms with van der Waals surface area (Å²) < 4.78 is 2.48. The van der Waals surface area contributed by atoms with Crippen molar-refractivity contribution >= 4 is 11.0 Å². The van der Waals surface area contributed by atoms with Crippen LogP contribution in [0.3, 0.4) is 0 Å². The first kappa shape index (κ1) is 13.7. The largest absolute Gasteiger partial charge is 0.328 e. The highest BCUT2D eigenvalue weighted by molar-refractivity contribution is 5.75. The number of nitrogens with zero attached hydrogens (tertiary/aromatic N) is 2. The van der Waals surface area contributed by atoms with Gasteiger partial charge in [-0.25, -0.2) is 4.98 Å². The van der Waals surface area contributed by atoms with E-state index < -0.39 is 0 Å². The van der Waals surface area contributed by atoms with E-state index in [1.165, 1.54) is 61.8 Å². The number of fused-ring (bicyclic) bond motifs is 1. The Morgan fingerprint density at radius 2 is 1.95 bits per heavy atom. The lowest BCUT2D eigenvalue weighted by molar-refractivity contribution is 0.324. The van der Waals surface area contributed by atoms with Gasteiger partial charge in [0, 0.05) is 13.0 Å². The molecule has 0 spiro atoms. The van der Waals surface area contributed by atoms with E-state index in [2.05, 4.69) is 35.8 Å². The highest BCUT2D eigenvalue weighted by Gasteiger charge is 2.15. The smallest absolute Gasteiger partial charge is 0.109 e. The van der Waals surface area contributed by atoms with Gasteiger partial charge in [-0.3, -0.25) is 0 Å². The Labute approximate surface area is 122 Å². The fourth-order valence-electron chi connectivity index (χ4n) is 3.58. The molecule has 3 rings (SSSR count). The summed E-state index contributed by atoms with van der Waals surface area (Å²) in [6, 6.07) is 8.60. The molecule has 1 saturated carbocycles. The van der Waals surface area contributed by atoms with Crippen molar-refractivity contribution in [1.82, 2.24) is 9.55 Å². The summed E-state index contributed by atoms with van der Waals surface area (Å²) in [7, 11) is 0. The van der Waals surface area contributed by atoms with Crippen LogP contribution in [0.5, 0.6) is 0 Å². The molecule has 0 unspecified atom stereocenters. The van der Waals surface area contributed by atoms with Crippen LogP contribution in [-0.4, -0.2) is 9.55 Å². The Bertz CT molecular complexity index is 550. The van der Waals surface area contributed by atoms with Gasteiger partial charge < -0.3 is 4.57 Å². The van der Waals surface area contributed by atoms with E-state index in [1.807, 2.05) is 0 Å². The molecule has 1 aromatic heterocycles. The number of hydrogen-bond acceptors (Lipinski definition) is 1. The molecule has 1 fully saturated rings. The summed E-state index contributed by atoms with van der Waals surface area (Å²) in [6.07, 6.45) is 10.8. The van der Waals surface area contributed by atoms with Gasteiger partial charge in [0.2, 0.25) is 0 Å². The predicted molar refractivity (Wildman–Crippen MR) is 84.9 cm³/mol. The average Bonchev–Trinajstić information content (AvgIpc) is 2.84. The van der Waals surface area contributed by atoms with Crippen molar-refractivity contribution in [3.63, 3.8) is 0 Å². The summed E-state index contributed by atoms with van der Waals surface area (Å²) in [5.74, 6) is 2.23. The molecule has 2 aromatic rings.